The van der Waals surface area contributed by atoms with Crippen LogP contribution in [0.4, 0.5) is 0 Å². The van der Waals surface area contributed by atoms with Gasteiger partial charge in [0.15, 0.2) is 23.0 Å². The number of carbonyl (C=O) groups is 1. The number of hydrogen-bond donors (Lipinski definition) is 1. The highest BCUT2D eigenvalue weighted by Gasteiger charge is 2.21. The van der Waals surface area contributed by atoms with Crippen molar-refractivity contribution >= 4 is 12.0 Å². The van der Waals surface area contributed by atoms with Crippen LogP contribution in [0.25, 0.3) is 6.08 Å². The number of methoxy groups -OCH3 is 2. The van der Waals surface area contributed by atoms with Crippen LogP contribution in [0.5, 0.6) is 23.0 Å². The van der Waals surface area contributed by atoms with Crippen LogP contribution < -0.4 is 24.3 Å². The Morgan fingerprint density at radius 1 is 0.949 bits per heavy atom. The zero-order chi connectivity index (χ0) is 27.5. The fourth-order valence-corrected chi connectivity index (χ4v) is 4.52. The summed E-state index contributed by atoms with van der Waals surface area (Å²) in [5.74, 6) is 2.55. The maximum Gasteiger partial charge on any atom is 0.305 e. The Morgan fingerprint density at radius 3 is 2.51 bits per heavy atom. The van der Waals surface area contributed by atoms with Gasteiger partial charge in [-0.15, -0.1) is 0 Å². The van der Waals surface area contributed by atoms with Crippen molar-refractivity contribution in [3.05, 3.63) is 89.0 Å². The molecule has 0 aliphatic carbocycles. The van der Waals surface area contributed by atoms with E-state index in [1.54, 1.807) is 21.1 Å². The quantitative estimate of drug-likeness (QED) is 0.217. The molecule has 1 heterocycles. The largest absolute Gasteiger partial charge is 0.493 e. The Labute approximate surface area is 230 Å². The van der Waals surface area contributed by atoms with Crippen LogP contribution in [0, 0.1) is 0 Å². The zero-order valence-corrected chi connectivity index (χ0v) is 22.9. The number of nitrogens with one attached hydrogen (secondary N) is 1. The van der Waals surface area contributed by atoms with E-state index < -0.39 is 0 Å². The molecule has 1 aliphatic heterocycles. The number of ether oxygens (including phenoxy) is 5. The minimum atomic E-state index is -0.212. The number of esters is 1. The fraction of sp³-hybridized carbons (Fsp3) is 0.344. The van der Waals surface area contributed by atoms with Crippen molar-refractivity contribution in [1.82, 2.24) is 5.32 Å². The Kier molecular flexibility index (Phi) is 10.3. The fourth-order valence-electron chi connectivity index (χ4n) is 4.52. The summed E-state index contributed by atoms with van der Waals surface area (Å²) in [5, 5.41) is 3.59. The Morgan fingerprint density at radius 2 is 1.74 bits per heavy atom. The van der Waals surface area contributed by atoms with E-state index in [1.807, 2.05) is 36.4 Å². The van der Waals surface area contributed by atoms with Crippen molar-refractivity contribution in [2.75, 3.05) is 34.0 Å². The monoisotopic (exact) mass is 531 g/mol. The van der Waals surface area contributed by atoms with Gasteiger partial charge in [-0.05, 0) is 66.3 Å². The summed E-state index contributed by atoms with van der Waals surface area (Å²) in [6.07, 6.45) is 6.03. The third-order valence-corrected chi connectivity index (χ3v) is 6.51. The summed E-state index contributed by atoms with van der Waals surface area (Å²) in [5.41, 5.74) is 4.51. The maximum absolute atomic E-state index is 11.6. The van der Waals surface area contributed by atoms with Gasteiger partial charge in [-0.1, -0.05) is 48.6 Å². The highest BCUT2D eigenvalue weighted by molar-refractivity contribution is 5.69. The van der Waals surface area contributed by atoms with Crippen molar-refractivity contribution in [3.8, 4) is 23.0 Å². The molecular weight excluding hydrogens is 494 g/mol. The summed E-state index contributed by atoms with van der Waals surface area (Å²) in [6.45, 7) is 3.94. The van der Waals surface area contributed by atoms with E-state index in [0.29, 0.717) is 44.2 Å². The predicted octanol–water partition coefficient (Wildman–Crippen LogP) is 5.91. The van der Waals surface area contributed by atoms with Crippen molar-refractivity contribution in [2.24, 2.45) is 0 Å². The standard InChI is InChI=1S/C32H37NO6/c1-4-37-32(34)11-8-18-38-30-19-23(13-15-28(30)35-2)12-14-27-26-21-29(36-3)31(20-25(26)16-17-33-27)39-22-24-9-6-5-7-10-24/h5-7,9-10,12-15,19-21,27,33H,4,8,11,16-18,22H2,1-3H3/b14-12+. The average Bonchev–Trinajstić information content (AvgIpc) is 2.97. The SMILES string of the molecule is CCOC(=O)CCCOc1cc(/C=C/C2NCCc3cc(OCc4ccccc4)c(OC)cc32)ccc1OC. The first-order valence-corrected chi connectivity index (χ1v) is 13.4. The molecule has 39 heavy (non-hydrogen) atoms. The molecule has 7 heteroatoms. The third-order valence-electron chi connectivity index (χ3n) is 6.51. The molecule has 0 bridgehead atoms. The molecule has 1 atom stereocenters. The van der Waals surface area contributed by atoms with E-state index in [9.17, 15) is 4.79 Å². The summed E-state index contributed by atoms with van der Waals surface area (Å²) in [6, 6.07) is 20.2. The van der Waals surface area contributed by atoms with Crippen molar-refractivity contribution < 1.29 is 28.5 Å². The molecule has 3 aromatic carbocycles. The van der Waals surface area contributed by atoms with Crippen LogP contribution in [-0.2, 0) is 22.6 Å². The molecule has 3 aromatic rings. The molecule has 0 amide bonds. The molecule has 0 spiro atoms. The van der Waals surface area contributed by atoms with Crippen LogP contribution in [0.1, 0.15) is 48.1 Å². The highest BCUT2D eigenvalue weighted by Crippen LogP contribution is 2.37. The van der Waals surface area contributed by atoms with E-state index in [4.69, 9.17) is 23.7 Å². The molecule has 7 nitrogen and oxygen atoms in total. The van der Waals surface area contributed by atoms with Crippen LogP contribution in [-0.4, -0.2) is 39.9 Å². The average molecular weight is 532 g/mol. The second-order valence-electron chi connectivity index (χ2n) is 9.18. The highest BCUT2D eigenvalue weighted by atomic mass is 16.5. The first-order valence-electron chi connectivity index (χ1n) is 13.4. The molecule has 0 saturated carbocycles. The Hall–Kier alpha value is -3.97. The Balaban J connectivity index is 1.45. The van der Waals surface area contributed by atoms with Crippen molar-refractivity contribution in [2.45, 2.75) is 38.8 Å². The lowest BCUT2D eigenvalue weighted by Crippen LogP contribution is -2.28. The molecule has 0 aromatic heterocycles. The number of carbonyl (C=O) groups excluding carboxylic acids is 1. The summed E-state index contributed by atoms with van der Waals surface area (Å²) >= 11 is 0. The van der Waals surface area contributed by atoms with Gasteiger partial charge in [0.05, 0.1) is 33.5 Å². The topological polar surface area (TPSA) is 75.3 Å². The second-order valence-corrected chi connectivity index (χ2v) is 9.18. The van der Waals surface area contributed by atoms with Crippen LogP contribution in [0.2, 0.25) is 0 Å². The first kappa shape index (κ1) is 28.0. The van der Waals surface area contributed by atoms with Gasteiger partial charge in [-0.3, -0.25) is 4.79 Å². The normalized spacial score (nSPS) is 14.5. The van der Waals surface area contributed by atoms with E-state index in [0.717, 1.165) is 35.6 Å². The van der Waals surface area contributed by atoms with Gasteiger partial charge in [0, 0.05) is 13.0 Å². The molecule has 0 saturated heterocycles. The lowest BCUT2D eigenvalue weighted by Gasteiger charge is -2.26. The van der Waals surface area contributed by atoms with Crippen LogP contribution >= 0.6 is 0 Å². The second kappa shape index (κ2) is 14.3. The molecule has 1 N–H and O–H groups in total. The van der Waals surface area contributed by atoms with Gasteiger partial charge in [-0.2, -0.15) is 0 Å². The van der Waals surface area contributed by atoms with Gasteiger partial charge in [0.2, 0.25) is 0 Å². The molecular formula is C32H37NO6. The number of rotatable bonds is 13. The van der Waals surface area contributed by atoms with Crippen LogP contribution in [0.3, 0.4) is 0 Å². The summed E-state index contributed by atoms with van der Waals surface area (Å²) < 4.78 is 28.2. The molecule has 1 unspecified atom stereocenters. The van der Waals surface area contributed by atoms with Crippen molar-refractivity contribution in [1.29, 1.82) is 0 Å². The number of fused-ring (bicyclic) bond motifs is 1. The minimum Gasteiger partial charge on any atom is -0.493 e. The van der Waals surface area contributed by atoms with Gasteiger partial charge < -0.3 is 29.0 Å². The molecule has 0 radical (unpaired) electrons. The zero-order valence-electron chi connectivity index (χ0n) is 22.9. The minimum absolute atomic E-state index is 0.0295. The smallest absolute Gasteiger partial charge is 0.305 e. The van der Waals surface area contributed by atoms with Gasteiger partial charge in [-0.25, -0.2) is 0 Å². The van der Waals surface area contributed by atoms with Gasteiger partial charge in [0.25, 0.3) is 0 Å². The van der Waals surface area contributed by atoms with E-state index >= 15 is 0 Å². The number of benzene rings is 3. The lowest BCUT2D eigenvalue weighted by atomic mass is 9.93. The van der Waals surface area contributed by atoms with Crippen molar-refractivity contribution in [3.63, 3.8) is 0 Å². The maximum atomic E-state index is 11.6. The van der Waals surface area contributed by atoms with Gasteiger partial charge >= 0.3 is 5.97 Å². The van der Waals surface area contributed by atoms with E-state index in [1.165, 1.54) is 11.1 Å². The molecule has 4 rings (SSSR count). The van der Waals surface area contributed by atoms with E-state index in [2.05, 4.69) is 41.7 Å². The first-order chi connectivity index (χ1) is 19.1. The summed E-state index contributed by atoms with van der Waals surface area (Å²) in [7, 11) is 3.29. The van der Waals surface area contributed by atoms with Crippen LogP contribution in [0.15, 0.2) is 66.7 Å². The third kappa shape index (κ3) is 7.77. The lowest BCUT2D eigenvalue weighted by molar-refractivity contribution is -0.143. The molecule has 206 valence electrons. The molecule has 0 fully saturated rings. The molecule has 1 aliphatic rings. The Bertz CT molecular complexity index is 1260. The number of hydrogen-bond acceptors (Lipinski definition) is 7. The predicted molar refractivity (Wildman–Crippen MR) is 152 cm³/mol. The van der Waals surface area contributed by atoms with Gasteiger partial charge in [0.1, 0.15) is 6.61 Å². The van der Waals surface area contributed by atoms with E-state index in [-0.39, 0.29) is 12.0 Å². The summed E-state index contributed by atoms with van der Waals surface area (Å²) in [4.78, 5) is 11.6.